The Labute approximate surface area is 93.8 Å². The zero-order valence-electron chi connectivity index (χ0n) is 9.64. The molecule has 0 spiro atoms. The van der Waals surface area contributed by atoms with Crippen LogP contribution >= 0.6 is 11.6 Å². The normalized spacial score (nSPS) is 13.5. The van der Waals surface area contributed by atoms with Crippen LogP contribution in [0.15, 0.2) is 0 Å². The molecular formula is C11H25ClN2. The molecule has 0 saturated carbocycles. The highest BCUT2D eigenvalue weighted by atomic mass is 35.5. The highest BCUT2D eigenvalue weighted by Gasteiger charge is 2.02. The van der Waals surface area contributed by atoms with Crippen LogP contribution in [0.4, 0.5) is 0 Å². The summed E-state index contributed by atoms with van der Waals surface area (Å²) < 4.78 is 0. The molecule has 2 nitrogen and oxygen atoms in total. The van der Waals surface area contributed by atoms with Crippen molar-refractivity contribution in [3.05, 3.63) is 0 Å². The Hall–Kier alpha value is 0.210. The molecule has 0 aromatic rings. The number of nitrogens with zero attached hydrogens (tertiary/aromatic N) is 1. The lowest BCUT2D eigenvalue weighted by Crippen LogP contribution is -2.26. The molecule has 0 saturated heterocycles. The van der Waals surface area contributed by atoms with Crippen molar-refractivity contribution in [3.8, 4) is 0 Å². The van der Waals surface area contributed by atoms with Gasteiger partial charge in [-0.2, -0.15) is 0 Å². The fourth-order valence-corrected chi connectivity index (χ4v) is 1.80. The van der Waals surface area contributed by atoms with Gasteiger partial charge in [0.05, 0.1) is 5.50 Å². The van der Waals surface area contributed by atoms with Crippen molar-refractivity contribution in [3.63, 3.8) is 0 Å². The Morgan fingerprint density at radius 3 is 2.07 bits per heavy atom. The predicted molar refractivity (Wildman–Crippen MR) is 64.7 cm³/mol. The summed E-state index contributed by atoms with van der Waals surface area (Å²) >= 11 is 5.68. The Kier molecular flexibility index (Phi) is 9.90. The minimum Gasteiger partial charge on any atom is -0.315 e. The number of hydrogen-bond acceptors (Lipinski definition) is 2. The zero-order valence-corrected chi connectivity index (χ0v) is 10.4. The Morgan fingerprint density at radius 2 is 1.64 bits per heavy atom. The molecule has 0 bridgehead atoms. The van der Waals surface area contributed by atoms with Crippen LogP contribution < -0.4 is 5.73 Å². The fourth-order valence-electron chi connectivity index (χ4n) is 1.64. The molecule has 0 heterocycles. The monoisotopic (exact) mass is 220 g/mol. The summed E-state index contributed by atoms with van der Waals surface area (Å²) in [5.41, 5.74) is 5.33. The molecule has 0 aliphatic heterocycles. The van der Waals surface area contributed by atoms with Gasteiger partial charge in [0.2, 0.25) is 0 Å². The van der Waals surface area contributed by atoms with Gasteiger partial charge >= 0.3 is 0 Å². The van der Waals surface area contributed by atoms with E-state index in [1.54, 1.807) is 0 Å². The third kappa shape index (κ3) is 8.79. The highest BCUT2D eigenvalue weighted by Crippen LogP contribution is 2.04. The third-order valence-electron chi connectivity index (χ3n) is 2.28. The first-order chi connectivity index (χ1) is 6.70. The van der Waals surface area contributed by atoms with E-state index in [1.807, 2.05) is 0 Å². The van der Waals surface area contributed by atoms with Gasteiger partial charge in [-0.3, -0.25) is 0 Å². The van der Waals surface area contributed by atoms with Crippen LogP contribution in [0.25, 0.3) is 0 Å². The fraction of sp³-hybridized carbons (Fsp3) is 1.00. The molecule has 0 aromatic carbocycles. The largest absolute Gasteiger partial charge is 0.315 e. The van der Waals surface area contributed by atoms with Crippen molar-refractivity contribution in [2.75, 3.05) is 19.6 Å². The number of hydrogen-bond donors (Lipinski definition) is 1. The number of nitrogens with two attached hydrogens (primary N) is 1. The van der Waals surface area contributed by atoms with Crippen LogP contribution in [-0.4, -0.2) is 30.0 Å². The second-order valence-electron chi connectivity index (χ2n) is 3.85. The first-order valence-electron chi connectivity index (χ1n) is 5.82. The molecule has 1 atom stereocenters. The predicted octanol–water partition coefficient (Wildman–Crippen LogP) is 2.80. The molecule has 86 valence electrons. The van der Waals surface area contributed by atoms with E-state index in [0.29, 0.717) is 0 Å². The van der Waals surface area contributed by atoms with Gasteiger partial charge in [-0.15, -0.1) is 11.6 Å². The molecule has 0 aliphatic carbocycles. The molecule has 14 heavy (non-hydrogen) atoms. The average molecular weight is 221 g/mol. The van der Waals surface area contributed by atoms with E-state index >= 15 is 0 Å². The smallest absolute Gasteiger partial charge is 0.0800 e. The Morgan fingerprint density at radius 1 is 1.07 bits per heavy atom. The quantitative estimate of drug-likeness (QED) is 0.368. The number of rotatable bonds is 9. The van der Waals surface area contributed by atoms with Crippen molar-refractivity contribution in [1.29, 1.82) is 0 Å². The summed E-state index contributed by atoms with van der Waals surface area (Å²) in [6, 6.07) is 0. The second kappa shape index (κ2) is 9.75. The maximum absolute atomic E-state index is 5.68. The molecule has 0 fully saturated rings. The Bertz CT molecular complexity index is 112. The van der Waals surface area contributed by atoms with E-state index in [2.05, 4.69) is 18.7 Å². The molecule has 2 N–H and O–H groups in total. The van der Waals surface area contributed by atoms with Gasteiger partial charge in [0.1, 0.15) is 0 Å². The van der Waals surface area contributed by atoms with E-state index in [0.717, 1.165) is 12.8 Å². The summed E-state index contributed by atoms with van der Waals surface area (Å²) in [4.78, 5) is 2.53. The lowest BCUT2D eigenvalue weighted by atomic mass is 10.2. The minimum absolute atomic E-state index is 0.152. The average Bonchev–Trinajstić information content (AvgIpc) is 2.12. The maximum Gasteiger partial charge on any atom is 0.0800 e. The molecular weight excluding hydrogens is 196 g/mol. The third-order valence-corrected chi connectivity index (χ3v) is 2.50. The van der Waals surface area contributed by atoms with E-state index in [4.69, 9.17) is 17.3 Å². The summed E-state index contributed by atoms with van der Waals surface area (Å²) in [6.45, 7) is 8.11. The summed E-state index contributed by atoms with van der Waals surface area (Å²) in [5.74, 6) is 0. The van der Waals surface area contributed by atoms with Crippen molar-refractivity contribution < 1.29 is 0 Å². The number of unbranched alkanes of at least 4 members (excludes halogenated alkanes) is 1. The van der Waals surface area contributed by atoms with Crippen molar-refractivity contribution in [2.24, 2.45) is 5.73 Å². The molecule has 0 radical (unpaired) electrons. The maximum atomic E-state index is 5.68. The lowest BCUT2D eigenvalue weighted by Gasteiger charge is -2.20. The van der Waals surface area contributed by atoms with Gasteiger partial charge in [0.15, 0.2) is 0 Å². The van der Waals surface area contributed by atoms with Gasteiger partial charge < -0.3 is 10.6 Å². The molecule has 0 rings (SSSR count). The summed E-state index contributed by atoms with van der Waals surface area (Å²) in [6.07, 6.45) is 5.80. The van der Waals surface area contributed by atoms with Crippen LogP contribution in [0.3, 0.4) is 0 Å². The van der Waals surface area contributed by atoms with Gasteiger partial charge in [-0.05, 0) is 51.7 Å². The second-order valence-corrected chi connectivity index (χ2v) is 4.41. The van der Waals surface area contributed by atoms with Gasteiger partial charge in [0.25, 0.3) is 0 Å². The van der Waals surface area contributed by atoms with Gasteiger partial charge in [0, 0.05) is 0 Å². The van der Waals surface area contributed by atoms with Crippen LogP contribution in [-0.2, 0) is 0 Å². The van der Waals surface area contributed by atoms with Gasteiger partial charge in [-0.1, -0.05) is 13.8 Å². The van der Waals surface area contributed by atoms with E-state index in [1.165, 1.54) is 38.9 Å². The van der Waals surface area contributed by atoms with E-state index in [-0.39, 0.29) is 5.50 Å². The van der Waals surface area contributed by atoms with Crippen molar-refractivity contribution in [2.45, 2.75) is 51.5 Å². The molecule has 3 heteroatoms. The summed E-state index contributed by atoms with van der Waals surface area (Å²) in [5, 5.41) is 0. The van der Waals surface area contributed by atoms with Crippen LogP contribution in [0.5, 0.6) is 0 Å². The van der Waals surface area contributed by atoms with Crippen LogP contribution in [0, 0.1) is 0 Å². The van der Waals surface area contributed by atoms with Crippen molar-refractivity contribution in [1.82, 2.24) is 4.90 Å². The SMILES string of the molecule is CCCN(CCC)CCCCC(N)Cl. The molecule has 0 aliphatic rings. The number of alkyl halides is 1. The first kappa shape index (κ1) is 14.2. The molecule has 1 unspecified atom stereocenters. The topological polar surface area (TPSA) is 29.3 Å². The van der Waals surface area contributed by atoms with E-state index in [9.17, 15) is 0 Å². The van der Waals surface area contributed by atoms with Gasteiger partial charge in [-0.25, -0.2) is 0 Å². The van der Waals surface area contributed by atoms with E-state index < -0.39 is 0 Å². The lowest BCUT2D eigenvalue weighted by molar-refractivity contribution is 0.268. The number of halogens is 1. The first-order valence-corrected chi connectivity index (χ1v) is 6.26. The van der Waals surface area contributed by atoms with Crippen LogP contribution in [0.2, 0.25) is 0 Å². The molecule has 0 aromatic heterocycles. The highest BCUT2D eigenvalue weighted by molar-refractivity contribution is 6.20. The van der Waals surface area contributed by atoms with Crippen LogP contribution in [0.1, 0.15) is 46.0 Å². The minimum atomic E-state index is -0.152. The Balaban J connectivity index is 3.40. The zero-order chi connectivity index (χ0) is 10.8. The van der Waals surface area contributed by atoms with Crippen molar-refractivity contribution >= 4 is 11.6 Å². The summed E-state index contributed by atoms with van der Waals surface area (Å²) in [7, 11) is 0. The standard InChI is InChI=1S/C11H25ClN2/c1-3-8-14(9-4-2)10-6-5-7-11(12)13/h11H,3-10,13H2,1-2H3. The molecule has 0 amide bonds.